The molecular weight excluding hydrogens is 1890 g/mol. The summed E-state index contributed by atoms with van der Waals surface area (Å²) >= 11 is 5.66. The van der Waals surface area contributed by atoms with Crippen LogP contribution in [0.5, 0.6) is 0 Å². The van der Waals surface area contributed by atoms with Crippen LogP contribution in [0.2, 0.25) is 0 Å². The Morgan fingerprint density at radius 3 is 1.26 bits per heavy atom. The van der Waals surface area contributed by atoms with E-state index in [1.54, 1.807) is 92.7 Å². The maximum Gasteiger partial charge on any atom is 0.433 e. The smallest absolute Gasteiger partial charge is 0.351 e. The number of nitrogens with one attached hydrogen (secondary N) is 1. The quantitative estimate of drug-likeness (QED) is 0.0832. The average molecular weight is 1970 g/mol. The Morgan fingerprint density at radius 1 is 0.437 bits per heavy atom. The number of ether oxygens (including phenoxy) is 2. The summed E-state index contributed by atoms with van der Waals surface area (Å²) in [6, 6.07) is 52.1. The molecule has 135 heavy (non-hydrogen) atoms. The van der Waals surface area contributed by atoms with Gasteiger partial charge in [-0.25, -0.2) is 0 Å². The lowest BCUT2D eigenvalue weighted by Crippen LogP contribution is -2.47. The maximum atomic E-state index is 13.0. The number of alkyl halides is 15. The van der Waals surface area contributed by atoms with Gasteiger partial charge in [0.15, 0.2) is 5.79 Å². The van der Waals surface area contributed by atoms with Crippen molar-refractivity contribution >= 4 is 91.9 Å². The summed E-state index contributed by atoms with van der Waals surface area (Å²) in [6.45, 7) is 5.03. The number of aryl methyl sites for hydroxylation is 5. The molecule has 24 nitrogen and oxygen atoms in total. The van der Waals surface area contributed by atoms with Crippen molar-refractivity contribution in [3.8, 4) is 58.9 Å². The SMILES string of the molecule is Cn1nc(-c2ccc(C(=O)N(CCC#N)Cc3ccccc3)s2)cc1C(F)(F)F.Cn1nc(-c2ccc(C(=O)N3CCC4(CC3)OCCO4)s2)cc1C(F)(F)F.Cn1nc(-c2ccc(C(=O)N3CCc4ccccc43)s2)cc1C(F)(F)F.Cn1nc(-c2ccc(C(=O)N3CCc4ccccc4C3)s2)cc1C(F)(F)F.Cn1nc(-c2ccc(C(=O)NCCc3cccnc3)s2)cc1C(F)(F)F. The number of nitrogens with zero attached hydrogens (tertiary/aromatic N) is 16. The minimum absolute atomic E-state index is 0.104. The van der Waals surface area contributed by atoms with Crippen LogP contribution in [0.4, 0.5) is 71.5 Å². The monoisotopic (exact) mass is 1970 g/mol. The summed E-state index contributed by atoms with van der Waals surface area (Å²) < 4.78 is 209. The van der Waals surface area contributed by atoms with Crippen LogP contribution in [0.1, 0.15) is 124 Å². The van der Waals surface area contributed by atoms with E-state index in [1.807, 2.05) is 91.0 Å². The van der Waals surface area contributed by atoms with Crippen molar-refractivity contribution < 1.29 is 99.3 Å². The zero-order chi connectivity index (χ0) is 96.6. The van der Waals surface area contributed by atoms with Gasteiger partial charge >= 0.3 is 30.9 Å². The second-order valence-electron chi connectivity index (χ2n) is 31.0. The van der Waals surface area contributed by atoms with Gasteiger partial charge in [0.2, 0.25) is 0 Å². The Bertz CT molecular complexity index is 6590. The van der Waals surface area contributed by atoms with E-state index in [0.717, 1.165) is 140 Å². The van der Waals surface area contributed by atoms with Crippen LogP contribution in [0, 0.1) is 11.3 Å². The number of piperidine rings is 1. The number of benzene rings is 3. The van der Waals surface area contributed by atoms with Gasteiger partial charge in [0.05, 0.1) is 74.5 Å². The molecule has 14 aromatic rings. The van der Waals surface area contributed by atoms with Gasteiger partial charge in [-0.2, -0.15) is 96.6 Å². The normalized spacial score (nSPS) is 14.1. The number of halogens is 15. The summed E-state index contributed by atoms with van der Waals surface area (Å²) in [5.74, 6) is -1.47. The first-order valence-electron chi connectivity index (χ1n) is 41.4. The van der Waals surface area contributed by atoms with Crippen molar-refractivity contribution in [2.24, 2.45) is 35.2 Å². The summed E-state index contributed by atoms with van der Waals surface area (Å²) in [7, 11) is 6.24. The number of hydrogen-bond acceptors (Lipinski definition) is 19. The molecule has 5 amide bonds. The number of aromatic nitrogens is 11. The van der Waals surface area contributed by atoms with Crippen LogP contribution >= 0.6 is 56.7 Å². The number of rotatable bonds is 17. The van der Waals surface area contributed by atoms with Gasteiger partial charge in [-0.15, -0.1) is 56.7 Å². The average Bonchev–Trinajstić information content (AvgIpc) is 1.53. The fourth-order valence-electron chi connectivity index (χ4n) is 15.1. The molecule has 0 bridgehead atoms. The number of carbonyl (C=O) groups is 5. The van der Waals surface area contributed by atoms with Gasteiger partial charge in [-0.3, -0.25) is 52.4 Å². The molecular formula is C91H80F15N17O7S5. The Balaban J connectivity index is 0.000000135. The van der Waals surface area contributed by atoms with Crippen LogP contribution in [0.3, 0.4) is 0 Å². The van der Waals surface area contributed by atoms with Gasteiger partial charge in [0, 0.05) is 119 Å². The third-order valence-electron chi connectivity index (χ3n) is 21.8. The van der Waals surface area contributed by atoms with Crippen LogP contribution < -0.4 is 10.2 Å². The molecule has 15 heterocycles. The Hall–Kier alpha value is -12.9. The zero-order valence-corrected chi connectivity index (χ0v) is 76.1. The van der Waals surface area contributed by atoms with E-state index in [9.17, 15) is 89.8 Å². The summed E-state index contributed by atoms with van der Waals surface area (Å²) in [5.41, 5.74) is 3.19. The lowest BCUT2D eigenvalue weighted by Gasteiger charge is -2.37. The van der Waals surface area contributed by atoms with E-state index in [0.29, 0.717) is 127 Å². The molecule has 0 saturated carbocycles. The summed E-state index contributed by atoms with van der Waals surface area (Å²) in [5, 5.41) is 31.3. The minimum Gasteiger partial charge on any atom is -0.351 e. The van der Waals surface area contributed by atoms with E-state index < -0.39 is 65.1 Å². The maximum absolute atomic E-state index is 13.0. The highest BCUT2D eigenvalue weighted by Crippen LogP contribution is 2.43. The van der Waals surface area contributed by atoms with Crippen molar-refractivity contribution in [2.45, 2.75) is 88.3 Å². The molecule has 4 aliphatic rings. The van der Waals surface area contributed by atoms with E-state index >= 15 is 0 Å². The number of amides is 5. The largest absolute Gasteiger partial charge is 0.433 e. The molecule has 0 unspecified atom stereocenters. The topological polar surface area (TPSA) is 255 Å². The molecule has 0 radical (unpaired) electrons. The summed E-state index contributed by atoms with van der Waals surface area (Å²) in [6.07, 6.45) is -15.3. The predicted octanol–water partition coefficient (Wildman–Crippen LogP) is 20.1. The molecule has 2 fully saturated rings. The molecule has 3 aromatic carbocycles. The predicted molar refractivity (Wildman–Crippen MR) is 476 cm³/mol. The van der Waals surface area contributed by atoms with Crippen molar-refractivity contribution in [1.29, 1.82) is 5.26 Å². The van der Waals surface area contributed by atoms with Crippen molar-refractivity contribution in [1.82, 2.24) is 73.9 Å². The Labute approximate surface area is 780 Å². The number of para-hydroxylation sites is 1. The van der Waals surface area contributed by atoms with Crippen LogP contribution in [0.15, 0.2) is 194 Å². The highest BCUT2D eigenvalue weighted by atomic mass is 32.1. The molecule has 706 valence electrons. The van der Waals surface area contributed by atoms with E-state index in [1.165, 1.54) is 52.1 Å². The number of anilines is 1. The Kier molecular flexibility index (Phi) is 29.9. The first kappa shape index (κ1) is 98.1. The molecule has 18 rings (SSSR count). The van der Waals surface area contributed by atoms with Crippen LogP contribution in [0.25, 0.3) is 52.9 Å². The number of pyridine rings is 1. The molecule has 0 atom stereocenters. The third-order valence-corrected chi connectivity index (χ3v) is 27.3. The highest BCUT2D eigenvalue weighted by molar-refractivity contribution is 7.18. The molecule has 11 aromatic heterocycles. The second-order valence-corrected chi connectivity index (χ2v) is 36.4. The van der Waals surface area contributed by atoms with Gasteiger partial charge in [0.1, 0.15) is 56.9 Å². The molecule has 44 heteroatoms. The molecule has 2 saturated heterocycles. The highest BCUT2D eigenvalue weighted by Gasteiger charge is 2.44. The van der Waals surface area contributed by atoms with Gasteiger partial charge in [-0.1, -0.05) is 78.9 Å². The number of carbonyl (C=O) groups excluding carboxylic acids is 5. The van der Waals surface area contributed by atoms with Gasteiger partial charge in [0.25, 0.3) is 29.5 Å². The van der Waals surface area contributed by atoms with Crippen molar-refractivity contribution in [3.05, 3.63) is 275 Å². The van der Waals surface area contributed by atoms with Crippen LogP contribution in [-0.2, 0) is 108 Å². The van der Waals surface area contributed by atoms with Gasteiger partial charge < -0.3 is 34.4 Å². The molecule has 0 aliphatic carbocycles. The summed E-state index contributed by atoms with van der Waals surface area (Å²) in [4.78, 5) is 79.1. The number of nitriles is 1. The Morgan fingerprint density at radius 2 is 0.822 bits per heavy atom. The van der Waals surface area contributed by atoms with Crippen LogP contribution in [-0.4, -0.2) is 156 Å². The van der Waals surface area contributed by atoms with E-state index in [4.69, 9.17) is 14.7 Å². The fraction of sp³-hybridized carbons (Fsp3) is 0.297. The molecule has 1 N–H and O–H groups in total. The van der Waals surface area contributed by atoms with E-state index in [2.05, 4.69) is 41.9 Å². The first-order valence-corrected chi connectivity index (χ1v) is 45.4. The number of fused-ring (bicyclic) bond motifs is 2. The van der Waals surface area contributed by atoms with Gasteiger partial charge in [-0.05, 0) is 150 Å². The van der Waals surface area contributed by atoms with Crippen molar-refractivity contribution in [2.75, 3.05) is 57.4 Å². The minimum atomic E-state index is -4.50. The molecule has 1 spiro atoms. The van der Waals surface area contributed by atoms with E-state index in [-0.39, 0.29) is 71.0 Å². The number of hydrogen-bond donors (Lipinski definition) is 1. The molecule has 4 aliphatic heterocycles. The second kappa shape index (κ2) is 41.1. The standard InChI is InChI=1S/C20H17F3N4OS.C19H16F3N3OS.C18H14F3N3OS.C17H15F3N4OS.C17H18F3N3O3S/c1-26-18(20(21,22)23)12-15(25-26)16-8-9-17(29-16)19(28)27(11-5-10-24)13-14-6-3-2-4-7-14;1-24-17(19(20,21)22)10-14(23-24)15-6-7-16(27-15)18(26)25-9-8-12-4-2-3-5-13(12)11-25;1-23-16(18(19,20)21)10-12(22-23)14-6-7-15(26-14)17(25)24-9-8-11-4-2-3-5-13(11)24;1-24-15(17(18,19)20)9-12(23-24)13-4-5-14(26-13)16(25)22-8-6-11-3-2-7-21-10-11;1-22-14(17(18,19)20)10-11(21-22)12-2-3-13(27-12)15(24)23-6-4-16(5-7-23)25-8-9-26-16/h2-4,6-9,12H,5,11,13H2,1H3;2-7,10H,8-9,11H2,1H3;2-7,10H,8-9H2,1H3;2-5,7,9-10H,6,8H2,1H3,(H,22,25);2-3,10H,4-9H2,1H3. The lowest BCUT2D eigenvalue weighted by molar-refractivity contribution is -0.181. The number of likely N-dealkylation sites (tertiary alicyclic amines) is 1. The lowest BCUT2D eigenvalue weighted by atomic mass is 10.00. The number of thiophene rings is 5. The third kappa shape index (κ3) is 23.7. The zero-order valence-electron chi connectivity index (χ0n) is 72.0. The fourth-order valence-corrected chi connectivity index (χ4v) is 19.7. The first-order chi connectivity index (χ1) is 64.1. The van der Waals surface area contributed by atoms with Crippen molar-refractivity contribution in [3.63, 3.8) is 0 Å².